The molecule has 0 aliphatic carbocycles. The molecule has 0 radical (unpaired) electrons. The quantitative estimate of drug-likeness (QED) is 0.566. The van der Waals surface area contributed by atoms with Crippen LogP contribution in [0.25, 0.3) is 0 Å². The van der Waals surface area contributed by atoms with Crippen LogP contribution in [0.4, 0.5) is 0 Å². The Kier molecular flexibility index (Phi) is 6.79. The van der Waals surface area contributed by atoms with Crippen LogP contribution in [0.3, 0.4) is 0 Å². The van der Waals surface area contributed by atoms with Crippen LogP contribution in [-0.2, 0) is 20.7 Å². The molecule has 0 saturated carbocycles. The Morgan fingerprint density at radius 1 is 1.17 bits per heavy atom. The van der Waals surface area contributed by atoms with Crippen LogP contribution >= 0.6 is 0 Å². The molecular weight excluding hydrogens is 304 g/mol. The van der Waals surface area contributed by atoms with E-state index >= 15 is 0 Å². The molecule has 1 aromatic carbocycles. The lowest BCUT2D eigenvalue weighted by Gasteiger charge is -2.23. The van der Waals surface area contributed by atoms with Crippen molar-refractivity contribution >= 4 is 11.8 Å². The summed E-state index contributed by atoms with van der Waals surface area (Å²) in [6, 6.07) is 10.2. The number of hydrogen-bond acceptors (Lipinski definition) is 3. The van der Waals surface area contributed by atoms with Crippen LogP contribution in [0.1, 0.15) is 38.7 Å². The maximum absolute atomic E-state index is 12.3. The first-order valence-electron chi connectivity index (χ1n) is 8.72. The number of hydrogen-bond donors (Lipinski definition) is 2. The Balaban J connectivity index is 1.69. The number of carbonyl (C=O) groups excluding carboxylic acids is 2. The second-order valence-corrected chi connectivity index (χ2v) is 6.82. The Hall–Kier alpha value is -1.88. The summed E-state index contributed by atoms with van der Waals surface area (Å²) in [5.74, 6) is -0.487. The van der Waals surface area contributed by atoms with Gasteiger partial charge < -0.3 is 15.4 Å². The van der Waals surface area contributed by atoms with Crippen molar-refractivity contribution in [2.24, 2.45) is 5.41 Å². The molecule has 1 atom stereocenters. The fraction of sp³-hybridized carbons (Fsp3) is 0.579. The number of aryl methyl sites for hydroxylation is 1. The standard InChI is InChI=1S/C19H28N2O3/c1-19(2,18(23)21-14-16-11-7-13-24-16)17(22)20-12-6-10-15-8-4-3-5-9-15/h3-5,8-9,16H,6-7,10-14H2,1-2H3,(H,20,22)(H,21,23). The second-order valence-electron chi connectivity index (χ2n) is 6.82. The molecule has 0 spiro atoms. The third-order valence-corrected chi connectivity index (χ3v) is 4.42. The van der Waals surface area contributed by atoms with E-state index in [1.165, 1.54) is 5.56 Å². The largest absolute Gasteiger partial charge is 0.376 e. The van der Waals surface area contributed by atoms with Crippen LogP contribution < -0.4 is 10.6 Å². The minimum atomic E-state index is -1.08. The molecule has 1 unspecified atom stereocenters. The van der Waals surface area contributed by atoms with Crippen LogP contribution in [0.2, 0.25) is 0 Å². The number of nitrogens with one attached hydrogen (secondary N) is 2. The molecule has 1 aliphatic heterocycles. The van der Waals surface area contributed by atoms with E-state index in [4.69, 9.17) is 4.74 Å². The molecule has 5 nitrogen and oxygen atoms in total. The predicted octanol–water partition coefficient (Wildman–Crippen LogP) is 2.06. The number of ether oxygens (including phenoxy) is 1. The summed E-state index contributed by atoms with van der Waals surface area (Å²) in [5.41, 5.74) is 0.172. The predicted molar refractivity (Wildman–Crippen MR) is 93.5 cm³/mol. The molecule has 2 N–H and O–H groups in total. The Morgan fingerprint density at radius 2 is 1.88 bits per heavy atom. The average molecular weight is 332 g/mol. The lowest BCUT2D eigenvalue weighted by Crippen LogP contribution is -2.49. The molecule has 0 aromatic heterocycles. The van der Waals surface area contributed by atoms with Gasteiger partial charge in [0, 0.05) is 19.7 Å². The maximum atomic E-state index is 12.3. The van der Waals surface area contributed by atoms with Crippen molar-refractivity contribution in [2.45, 2.75) is 45.6 Å². The van der Waals surface area contributed by atoms with Gasteiger partial charge in [0.1, 0.15) is 5.41 Å². The lowest BCUT2D eigenvalue weighted by atomic mass is 9.91. The van der Waals surface area contributed by atoms with Crippen LogP contribution in [0, 0.1) is 5.41 Å². The summed E-state index contributed by atoms with van der Waals surface area (Å²) in [7, 11) is 0. The van der Waals surface area contributed by atoms with Gasteiger partial charge in [-0.1, -0.05) is 30.3 Å². The molecule has 0 bridgehead atoms. The maximum Gasteiger partial charge on any atom is 0.235 e. The van der Waals surface area contributed by atoms with E-state index in [2.05, 4.69) is 22.8 Å². The van der Waals surface area contributed by atoms with Gasteiger partial charge in [0.2, 0.25) is 11.8 Å². The van der Waals surface area contributed by atoms with Crippen molar-refractivity contribution < 1.29 is 14.3 Å². The van der Waals surface area contributed by atoms with Gasteiger partial charge in [0.25, 0.3) is 0 Å². The number of amides is 2. The molecule has 1 heterocycles. The monoisotopic (exact) mass is 332 g/mol. The van der Waals surface area contributed by atoms with Gasteiger partial charge in [0.05, 0.1) is 6.10 Å². The topological polar surface area (TPSA) is 67.4 Å². The first-order chi connectivity index (χ1) is 11.5. The molecule has 1 aliphatic rings. The fourth-order valence-electron chi connectivity index (χ4n) is 2.70. The third-order valence-electron chi connectivity index (χ3n) is 4.42. The Labute approximate surface area is 144 Å². The van der Waals surface area contributed by atoms with Gasteiger partial charge in [-0.05, 0) is 45.1 Å². The molecule has 5 heteroatoms. The van der Waals surface area contributed by atoms with Gasteiger partial charge in [0.15, 0.2) is 0 Å². The molecule has 24 heavy (non-hydrogen) atoms. The van der Waals surface area contributed by atoms with Crippen molar-refractivity contribution in [1.82, 2.24) is 10.6 Å². The molecule has 2 amide bonds. The zero-order chi connectivity index (χ0) is 17.4. The highest BCUT2D eigenvalue weighted by molar-refractivity contribution is 6.04. The summed E-state index contributed by atoms with van der Waals surface area (Å²) in [4.78, 5) is 24.6. The number of rotatable bonds is 8. The van der Waals surface area contributed by atoms with Crippen LogP contribution in [0.15, 0.2) is 30.3 Å². The molecule has 1 aromatic rings. The Morgan fingerprint density at radius 3 is 2.54 bits per heavy atom. The van der Waals surface area contributed by atoms with Crippen molar-refractivity contribution in [3.63, 3.8) is 0 Å². The van der Waals surface area contributed by atoms with E-state index in [9.17, 15) is 9.59 Å². The number of carbonyl (C=O) groups is 2. The van der Waals surface area contributed by atoms with Crippen molar-refractivity contribution in [3.05, 3.63) is 35.9 Å². The van der Waals surface area contributed by atoms with Crippen LogP contribution in [0.5, 0.6) is 0 Å². The lowest BCUT2D eigenvalue weighted by molar-refractivity contribution is -0.141. The Bertz CT molecular complexity index is 537. The van der Waals surface area contributed by atoms with E-state index in [-0.39, 0.29) is 17.9 Å². The summed E-state index contributed by atoms with van der Waals surface area (Å²) in [6.07, 6.45) is 3.84. The highest BCUT2D eigenvalue weighted by Gasteiger charge is 2.36. The van der Waals surface area contributed by atoms with Gasteiger partial charge >= 0.3 is 0 Å². The van der Waals surface area contributed by atoms with Gasteiger partial charge in [-0.15, -0.1) is 0 Å². The molecule has 1 fully saturated rings. The van der Waals surface area contributed by atoms with E-state index in [1.807, 2.05) is 18.2 Å². The first kappa shape index (κ1) is 18.5. The summed E-state index contributed by atoms with van der Waals surface area (Å²) in [6.45, 7) is 5.11. The second kappa shape index (κ2) is 8.83. The average Bonchev–Trinajstić information content (AvgIpc) is 3.10. The molecule has 1 saturated heterocycles. The van der Waals surface area contributed by atoms with Crippen molar-refractivity contribution in [2.75, 3.05) is 19.7 Å². The fourth-order valence-corrected chi connectivity index (χ4v) is 2.70. The zero-order valence-corrected chi connectivity index (χ0v) is 14.6. The minimum absolute atomic E-state index is 0.0821. The van der Waals surface area contributed by atoms with E-state index in [1.54, 1.807) is 13.8 Å². The SMILES string of the molecule is CC(C)(C(=O)NCCCc1ccccc1)C(=O)NCC1CCCO1. The highest BCUT2D eigenvalue weighted by atomic mass is 16.5. The molecule has 2 rings (SSSR count). The van der Waals surface area contributed by atoms with Crippen molar-refractivity contribution in [3.8, 4) is 0 Å². The van der Waals surface area contributed by atoms with E-state index in [0.29, 0.717) is 13.1 Å². The normalized spacial score (nSPS) is 17.5. The first-order valence-corrected chi connectivity index (χ1v) is 8.72. The summed E-state index contributed by atoms with van der Waals surface area (Å²) >= 11 is 0. The smallest absolute Gasteiger partial charge is 0.235 e. The third kappa shape index (κ3) is 5.34. The molecule has 132 valence electrons. The van der Waals surface area contributed by atoms with Gasteiger partial charge in [-0.25, -0.2) is 0 Å². The minimum Gasteiger partial charge on any atom is -0.376 e. The summed E-state index contributed by atoms with van der Waals surface area (Å²) < 4.78 is 5.48. The summed E-state index contributed by atoms with van der Waals surface area (Å²) in [5, 5.41) is 5.71. The molecular formula is C19H28N2O3. The van der Waals surface area contributed by atoms with Gasteiger partial charge in [-0.2, -0.15) is 0 Å². The van der Waals surface area contributed by atoms with Crippen molar-refractivity contribution in [1.29, 1.82) is 0 Å². The number of benzene rings is 1. The zero-order valence-electron chi connectivity index (χ0n) is 14.6. The van der Waals surface area contributed by atoms with Crippen LogP contribution in [-0.4, -0.2) is 37.6 Å². The highest BCUT2D eigenvalue weighted by Crippen LogP contribution is 2.17. The van der Waals surface area contributed by atoms with Gasteiger partial charge in [-0.3, -0.25) is 9.59 Å². The van der Waals surface area contributed by atoms with E-state index in [0.717, 1.165) is 32.3 Å². The van der Waals surface area contributed by atoms with E-state index < -0.39 is 5.41 Å².